The van der Waals surface area contributed by atoms with Gasteiger partial charge in [-0.15, -0.1) is 0 Å². The lowest BCUT2D eigenvalue weighted by Gasteiger charge is -2.22. The highest BCUT2D eigenvalue weighted by Crippen LogP contribution is 2.23. The van der Waals surface area contributed by atoms with Crippen LogP contribution in [0.5, 0.6) is 5.75 Å². The Morgan fingerprint density at radius 3 is 2.64 bits per heavy atom. The van der Waals surface area contributed by atoms with Gasteiger partial charge in [0, 0.05) is 27.3 Å². The average Bonchev–Trinajstić information content (AvgIpc) is 2.67. The Kier molecular flexibility index (Phi) is 4.55. The summed E-state index contributed by atoms with van der Waals surface area (Å²) in [6, 6.07) is 6.47. The van der Waals surface area contributed by atoms with Gasteiger partial charge in [0.1, 0.15) is 11.8 Å². The summed E-state index contributed by atoms with van der Waals surface area (Å²) in [4.78, 5) is 39.7. The Hall–Kier alpha value is -2.70. The van der Waals surface area contributed by atoms with Crippen LogP contribution in [0.3, 0.4) is 0 Å². The van der Waals surface area contributed by atoms with E-state index in [-0.39, 0.29) is 17.8 Å². The topological polar surface area (TPSA) is 88.1 Å². The number of nitrogens with one attached hydrogen (secondary N) is 1. The standard InChI is InChI=1S/C15H17N3O4/c1-9(19)16-15-17-14(21)12(18(15)3)8-11-6-4-5-7-13(11)22-10(2)20/h4-7,12H,8H2,1-3H3,(H,16,17,19,21)/t12-/m1/s1. The molecule has 7 nitrogen and oxygen atoms in total. The smallest absolute Gasteiger partial charge is 0.308 e. The van der Waals surface area contributed by atoms with Crippen LogP contribution in [0.1, 0.15) is 19.4 Å². The molecule has 7 heteroatoms. The number of esters is 1. The molecule has 1 aliphatic rings. The van der Waals surface area contributed by atoms with Gasteiger partial charge in [0.2, 0.25) is 11.9 Å². The molecule has 2 amide bonds. The highest BCUT2D eigenvalue weighted by atomic mass is 16.5. The number of rotatable bonds is 3. The maximum Gasteiger partial charge on any atom is 0.308 e. The van der Waals surface area contributed by atoms with Gasteiger partial charge < -0.3 is 9.64 Å². The number of para-hydroxylation sites is 1. The van der Waals surface area contributed by atoms with Crippen molar-refractivity contribution in [1.29, 1.82) is 0 Å². The SMILES string of the molecule is CC(=O)NC1=NC(=O)[C@@H](Cc2ccccc2OC(C)=O)N1C. The van der Waals surface area contributed by atoms with Crippen molar-refractivity contribution < 1.29 is 19.1 Å². The Balaban J connectivity index is 2.17. The zero-order chi connectivity index (χ0) is 16.3. The van der Waals surface area contributed by atoms with E-state index in [1.165, 1.54) is 13.8 Å². The van der Waals surface area contributed by atoms with Crippen LogP contribution < -0.4 is 10.1 Å². The molecule has 1 aliphatic heterocycles. The van der Waals surface area contributed by atoms with Crippen LogP contribution in [-0.2, 0) is 20.8 Å². The zero-order valence-electron chi connectivity index (χ0n) is 12.6. The summed E-state index contributed by atoms with van der Waals surface area (Å²) in [5.41, 5.74) is 0.724. The molecule has 0 aromatic heterocycles. The summed E-state index contributed by atoms with van der Waals surface area (Å²) >= 11 is 0. The van der Waals surface area contributed by atoms with Crippen molar-refractivity contribution in [1.82, 2.24) is 10.2 Å². The minimum atomic E-state index is -0.543. The number of likely N-dealkylation sites (N-methyl/N-ethyl adjacent to an activating group) is 1. The molecule has 2 rings (SSSR count). The van der Waals surface area contributed by atoms with E-state index in [1.54, 1.807) is 36.2 Å². The molecule has 116 valence electrons. The fourth-order valence-corrected chi connectivity index (χ4v) is 2.20. The first-order chi connectivity index (χ1) is 10.4. The van der Waals surface area contributed by atoms with Crippen LogP contribution in [-0.4, -0.2) is 41.7 Å². The Labute approximate surface area is 128 Å². The lowest BCUT2D eigenvalue weighted by Crippen LogP contribution is -2.44. The number of aliphatic imine (C=N–C) groups is 1. The zero-order valence-corrected chi connectivity index (χ0v) is 12.6. The van der Waals surface area contributed by atoms with Crippen LogP contribution in [0.25, 0.3) is 0 Å². The molecule has 0 spiro atoms. The van der Waals surface area contributed by atoms with Gasteiger partial charge in [-0.2, -0.15) is 4.99 Å². The van der Waals surface area contributed by atoms with Crippen LogP contribution in [0, 0.1) is 0 Å². The van der Waals surface area contributed by atoms with E-state index in [9.17, 15) is 14.4 Å². The van der Waals surface area contributed by atoms with E-state index in [2.05, 4.69) is 10.3 Å². The Morgan fingerprint density at radius 2 is 2.00 bits per heavy atom. The first kappa shape index (κ1) is 15.7. The molecule has 0 saturated carbocycles. The molecule has 0 radical (unpaired) electrons. The number of hydrogen-bond donors (Lipinski definition) is 1. The summed E-state index contributed by atoms with van der Waals surface area (Å²) in [5.74, 6) is -0.409. The molecule has 1 aromatic rings. The van der Waals surface area contributed by atoms with E-state index in [0.717, 1.165) is 5.56 Å². The number of amides is 2. The molecule has 0 fully saturated rings. The number of benzene rings is 1. The Bertz CT molecular complexity index is 654. The predicted molar refractivity (Wildman–Crippen MR) is 79.3 cm³/mol. The maximum atomic E-state index is 12.0. The quantitative estimate of drug-likeness (QED) is 0.648. The van der Waals surface area contributed by atoms with Crippen molar-refractivity contribution in [2.24, 2.45) is 4.99 Å². The summed E-state index contributed by atoms with van der Waals surface area (Å²) in [5, 5.41) is 2.52. The van der Waals surface area contributed by atoms with E-state index in [0.29, 0.717) is 12.2 Å². The third-order valence-electron chi connectivity index (χ3n) is 3.23. The highest BCUT2D eigenvalue weighted by molar-refractivity contribution is 6.07. The molecular formula is C15H17N3O4. The second-order valence-electron chi connectivity index (χ2n) is 4.99. The van der Waals surface area contributed by atoms with Gasteiger partial charge in [-0.25, -0.2) is 0 Å². The third kappa shape index (κ3) is 3.49. The summed E-state index contributed by atoms with van der Waals surface area (Å²) in [6.07, 6.45) is 0.325. The molecule has 0 saturated heterocycles. The normalized spacial score (nSPS) is 17.2. The first-order valence-corrected chi connectivity index (χ1v) is 6.77. The van der Waals surface area contributed by atoms with Gasteiger partial charge in [0.25, 0.3) is 5.91 Å². The summed E-state index contributed by atoms with van der Waals surface area (Å²) < 4.78 is 5.14. The number of guanidine groups is 1. The fourth-order valence-electron chi connectivity index (χ4n) is 2.20. The molecule has 0 bridgehead atoms. The number of carbonyl (C=O) groups is 3. The lowest BCUT2D eigenvalue weighted by molar-refractivity contribution is -0.132. The van der Waals surface area contributed by atoms with Crippen molar-refractivity contribution in [3.63, 3.8) is 0 Å². The van der Waals surface area contributed by atoms with Crippen molar-refractivity contribution in [3.8, 4) is 5.75 Å². The molecule has 0 unspecified atom stereocenters. The van der Waals surface area contributed by atoms with Crippen molar-refractivity contribution in [2.45, 2.75) is 26.3 Å². The second kappa shape index (κ2) is 6.38. The molecule has 0 aliphatic carbocycles. The molecule has 1 heterocycles. The van der Waals surface area contributed by atoms with Crippen LogP contribution in [0.15, 0.2) is 29.3 Å². The lowest BCUT2D eigenvalue weighted by atomic mass is 10.0. The summed E-state index contributed by atoms with van der Waals surface area (Å²) in [7, 11) is 1.68. The minimum absolute atomic E-state index is 0.229. The molecule has 1 aromatic carbocycles. The Morgan fingerprint density at radius 1 is 1.32 bits per heavy atom. The number of nitrogens with zero attached hydrogens (tertiary/aromatic N) is 2. The molecule has 1 N–H and O–H groups in total. The van der Waals surface area contributed by atoms with Crippen molar-refractivity contribution in [2.75, 3.05) is 7.05 Å². The molecular weight excluding hydrogens is 286 g/mol. The minimum Gasteiger partial charge on any atom is -0.426 e. The van der Waals surface area contributed by atoms with E-state index >= 15 is 0 Å². The predicted octanol–water partition coefficient (Wildman–Crippen LogP) is 0.487. The van der Waals surface area contributed by atoms with E-state index < -0.39 is 12.0 Å². The van der Waals surface area contributed by atoms with E-state index in [1.807, 2.05) is 0 Å². The second-order valence-corrected chi connectivity index (χ2v) is 4.99. The van der Waals surface area contributed by atoms with Gasteiger partial charge in [-0.1, -0.05) is 18.2 Å². The van der Waals surface area contributed by atoms with Gasteiger partial charge in [-0.05, 0) is 11.6 Å². The van der Waals surface area contributed by atoms with Gasteiger partial charge in [-0.3, -0.25) is 19.7 Å². The summed E-state index contributed by atoms with van der Waals surface area (Å²) in [6.45, 7) is 2.67. The molecule has 22 heavy (non-hydrogen) atoms. The average molecular weight is 303 g/mol. The van der Waals surface area contributed by atoms with Gasteiger partial charge >= 0.3 is 5.97 Å². The van der Waals surface area contributed by atoms with Gasteiger partial charge in [0.15, 0.2) is 0 Å². The van der Waals surface area contributed by atoms with Gasteiger partial charge in [0.05, 0.1) is 0 Å². The third-order valence-corrected chi connectivity index (χ3v) is 3.23. The number of hydrogen-bond acceptors (Lipinski definition) is 5. The molecule has 1 atom stereocenters. The van der Waals surface area contributed by atoms with E-state index in [4.69, 9.17) is 4.74 Å². The van der Waals surface area contributed by atoms with Crippen LogP contribution in [0.4, 0.5) is 0 Å². The number of ether oxygens (including phenoxy) is 1. The monoisotopic (exact) mass is 303 g/mol. The van der Waals surface area contributed by atoms with Crippen molar-refractivity contribution >= 4 is 23.7 Å². The van der Waals surface area contributed by atoms with Crippen LogP contribution in [0.2, 0.25) is 0 Å². The van der Waals surface area contributed by atoms with Crippen molar-refractivity contribution in [3.05, 3.63) is 29.8 Å². The fraction of sp³-hybridized carbons (Fsp3) is 0.333. The highest BCUT2D eigenvalue weighted by Gasteiger charge is 2.33. The largest absolute Gasteiger partial charge is 0.426 e. The maximum absolute atomic E-state index is 12.0. The van der Waals surface area contributed by atoms with Crippen LogP contribution >= 0.6 is 0 Å². The first-order valence-electron chi connectivity index (χ1n) is 6.77. The number of carbonyl (C=O) groups excluding carboxylic acids is 3.